The van der Waals surface area contributed by atoms with E-state index in [1.165, 1.54) is 18.3 Å². The Balaban J connectivity index is 1.30. The van der Waals surface area contributed by atoms with E-state index in [4.69, 9.17) is 25.8 Å². The molecule has 3 aromatic rings. The molecular weight excluding hydrogens is 461 g/mol. The second-order valence-corrected chi connectivity index (χ2v) is 9.07. The average Bonchev–Trinajstić information content (AvgIpc) is 3.39. The Morgan fingerprint density at radius 1 is 1.29 bits per heavy atom. The highest BCUT2D eigenvalue weighted by Crippen LogP contribution is 2.27. The molecule has 5 rings (SSSR count). The largest absolute Gasteiger partial charge is 0.381 e. The highest BCUT2D eigenvalue weighted by molar-refractivity contribution is 6.30. The minimum absolute atomic E-state index is 0.00951. The summed E-state index contributed by atoms with van der Waals surface area (Å²) in [6.45, 7) is 2.48. The van der Waals surface area contributed by atoms with Crippen LogP contribution in [0.1, 0.15) is 47.3 Å². The van der Waals surface area contributed by atoms with Gasteiger partial charge in [0.25, 0.3) is 0 Å². The second-order valence-electron chi connectivity index (χ2n) is 8.66. The number of rotatable bonds is 5. The van der Waals surface area contributed by atoms with Crippen molar-refractivity contribution in [2.24, 2.45) is 5.92 Å². The molecule has 2 aliphatic rings. The smallest absolute Gasteiger partial charge is 0.318 e. The first-order valence-corrected chi connectivity index (χ1v) is 11.8. The number of benzene rings is 1. The van der Waals surface area contributed by atoms with Crippen LogP contribution in [0.2, 0.25) is 5.02 Å². The van der Waals surface area contributed by atoms with Gasteiger partial charge in [-0.15, -0.1) is 0 Å². The van der Waals surface area contributed by atoms with E-state index in [0.29, 0.717) is 36.8 Å². The highest BCUT2D eigenvalue weighted by atomic mass is 35.5. The maximum absolute atomic E-state index is 14.1. The molecule has 8 nitrogen and oxygen atoms in total. The van der Waals surface area contributed by atoms with Crippen molar-refractivity contribution in [1.29, 1.82) is 0 Å². The maximum Gasteiger partial charge on any atom is 0.318 e. The molecule has 1 saturated heterocycles. The minimum atomic E-state index is -0.711. The van der Waals surface area contributed by atoms with Crippen LogP contribution < -0.4 is 5.32 Å². The zero-order valence-corrected chi connectivity index (χ0v) is 19.3. The molecule has 4 heterocycles. The first-order chi connectivity index (χ1) is 16.6. The van der Waals surface area contributed by atoms with Gasteiger partial charge in [-0.3, -0.25) is 0 Å². The average molecular weight is 486 g/mol. The van der Waals surface area contributed by atoms with Crippen LogP contribution in [0.3, 0.4) is 0 Å². The molecule has 0 bridgehead atoms. The Labute approximate surface area is 201 Å². The van der Waals surface area contributed by atoms with Gasteiger partial charge in [0.1, 0.15) is 17.7 Å². The van der Waals surface area contributed by atoms with Crippen LogP contribution >= 0.6 is 11.6 Å². The van der Waals surface area contributed by atoms with Crippen molar-refractivity contribution in [1.82, 2.24) is 25.3 Å². The van der Waals surface area contributed by atoms with Gasteiger partial charge in [-0.2, -0.15) is 0 Å². The number of hydrogen-bond donors (Lipinski definition) is 1. The quantitative estimate of drug-likeness (QED) is 0.585. The molecule has 1 N–H and O–H groups in total. The Kier molecular flexibility index (Phi) is 6.73. The third kappa shape index (κ3) is 5.05. The molecule has 2 amide bonds. The van der Waals surface area contributed by atoms with Crippen LogP contribution in [0.5, 0.6) is 0 Å². The van der Waals surface area contributed by atoms with Crippen molar-refractivity contribution in [3.8, 4) is 0 Å². The Morgan fingerprint density at radius 2 is 2.15 bits per heavy atom. The first-order valence-electron chi connectivity index (χ1n) is 11.4. The summed E-state index contributed by atoms with van der Waals surface area (Å²) in [5, 5.41) is 6.69. The van der Waals surface area contributed by atoms with Crippen molar-refractivity contribution in [3.63, 3.8) is 0 Å². The Bertz CT molecular complexity index is 1150. The summed E-state index contributed by atoms with van der Waals surface area (Å²) in [6.07, 6.45) is 6.89. The maximum atomic E-state index is 14.1. The van der Waals surface area contributed by atoms with E-state index in [0.717, 1.165) is 49.6 Å². The van der Waals surface area contributed by atoms with Crippen molar-refractivity contribution in [2.45, 2.75) is 38.3 Å². The number of nitrogens with zero attached hydrogens (tertiary/aromatic N) is 4. The van der Waals surface area contributed by atoms with Gasteiger partial charge < -0.3 is 19.5 Å². The van der Waals surface area contributed by atoms with E-state index in [1.807, 2.05) is 6.20 Å². The van der Waals surface area contributed by atoms with E-state index >= 15 is 0 Å². The summed E-state index contributed by atoms with van der Waals surface area (Å²) in [4.78, 5) is 24.3. The molecule has 178 valence electrons. The summed E-state index contributed by atoms with van der Waals surface area (Å²) in [6, 6.07) is 5.02. The molecule has 34 heavy (non-hydrogen) atoms. The van der Waals surface area contributed by atoms with Gasteiger partial charge in [0.05, 0.1) is 23.5 Å². The Morgan fingerprint density at radius 3 is 2.91 bits per heavy atom. The van der Waals surface area contributed by atoms with Crippen molar-refractivity contribution in [3.05, 3.63) is 75.9 Å². The van der Waals surface area contributed by atoms with Gasteiger partial charge in [0.15, 0.2) is 5.76 Å². The van der Waals surface area contributed by atoms with Crippen molar-refractivity contribution < 1.29 is 18.4 Å². The number of amides is 2. The number of nitrogens with one attached hydrogen (secondary N) is 1. The fourth-order valence-corrected chi connectivity index (χ4v) is 4.54. The van der Waals surface area contributed by atoms with Crippen LogP contribution in [0, 0.1) is 11.7 Å². The molecule has 0 saturated carbocycles. The summed E-state index contributed by atoms with van der Waals surface area (Å²) in [5.74, 6) is 1.16. The van der Waals surface area contributed by atoms with Gasteiger partial charge in [-0.1, -0.05) is 22.8 Å². The number of ether oxygens (including phenoxy) is 1. The van der Waals surface area contributed by atoms with Gasteiger partial charge in [-0.25, -0.2) is 19.2 Å². The van der Waals surface area contributed by atoms with E-state index in [-0.39, 0.29) is 11.1 Å². The molecule has 0 spiro atoms. The third-order valence-electron chi connectivity index (χ3n) is 6.38. The molecule has 0 aliphatic carbocycles. The molecular formula is C24H25ClFN5O3. The SMILES string of the molecule is O=C(N[C@@H](c1ccc(Cl)c(F)c1)c1ccno1)N1CCc2cnc(CC3CCOCC3)nc2C1. The summed E-state index contributed by atoms with van der Waals surface area (Å²) in [7, 11) is 0. The molecule has 0 radical (unpaired) electrons. The molecule has 2 aliphatic heterocycles. The van der Waals surface area contributed by atoms with E-state index in [9.17, 15) is 9.18 Å². The fourth-order valence-electron chi connectivity index (χ4n) is 4.42. The van der Waals surface area contributed by atoms with Gasteiger partial charge in [-0.05, 0) is 48.4 Å². The van der Waals surface area contributed by atoms with Crippen LogP contribution in [0.4, 0.5) is 9.18 Å². The number of urea groups is 1. The van der Waals surface area contributed by atoms with Gasteiger partial charge in [0.2, 0.25) is 0 Å². The van der Waals surface area contributed by atoms with Crippen LogP contribution in [0.25, 0.3) is 0 Å². The zero-order valence-electron chi connectivity index (χ0n) is 18.5. The molecule has 10 heteroatoms. The zero-order chi connectivity index (χ0) is 23.5. The normalized spacial score (nSPS) is 17.3. The van der Waals surface area contributed by atoms with Crippen molar-refractivity contribution >= 4 is 17.6 Å². The summed E-state index contributed by atoms with van der Waals surface area (Å²) < 4.78 is 24.8. The molecule has 1 atom stereocenters. The lowest BCUT2D eigenvalue weighted by atomic mass is 9.96. The predicted octanol–water partition coefficient (Wildman–Crippen LogP) is 4.08. The predicted molar refractivity (Wildman–Crippen MR) is 122 cm³/mol. The Hall–Kier alpha value is -3.04. The molecule has 2 aromatic heterocycles. The molecule has 1 aromatic carbocycles. The fraction of sp³-hybridized carbons (Fsp3) is 0.417. The van der Waals surface area contributed by atoms with Gasteiger partial charge >= 0.3 is 6.03 Å². The number of hydrogen-bond acceptors (Lipinski definition) is 6. The summed E-state index contributed by atoms with van der Waals surface area (Å²) >= 11 is 5.84. The highest BCUT2D eigenvalue weighted by Gasteiger charge is 2.28. The minimum Gasteiger partial charge on any atom is -0.381 e. The lowest BCUT2D eigenvalue weighted by Crippen LogP contribution is -2.44. The number of halogens is 2. The number of fused-ring (bicyclic) bond motifs is 1. The first kappa shape index (κ1) is 22.7. The summed E-state index contributed by atoms with van der Waals surface area (Å²) in [5.41, 5.74) is 2.43. The molecule has 0 unspecified atom stereocenters. The van der Waals surface area contributed by atoms with Crippen LogP contribution in [0.15, 0.2) is 41.2 Å². The van der Waals surface area contributed by atoms with Gasteiger partial charge in [0, 0.05) is 38.4 Å². The lowest BCUT2D eigenvalue weighted by molar-refractivity contribution is 0.0659. The van der Waals surface area contributed by atoms with E-state index < -0.39 is 11.9 Å². The van der Waals surface area contributed by atoms with E-state index in [1.54, 1.807) is 17.0 Å². The second kappa shape index (κ2) is 10.1. The van der Waals surface area contributed by atoms with Crippen LogP contribution in [-0.4, -0.2) is 45.8 Å². The topological polar surface area (TPSA) is 93.4 Å². The van der Waals surface area contributed by atoms with Crippen LogP contribution in [-0.2, 0) is 24.1 Å². The standard InChI is InChI=1S/C24H25ClFN5O3/c25-18-2-1-16(12-19(18)26)23(21-3-7-28-34-21)30-24(32)31-8-4-17-13-27-22(29-20(17)14-31)11-15-5-9-33-10-6-15/h1-3,7,12-13,15,23H,4-6,8-11,14H2,(H,30,32)/t23-/m0/s1. The molecule has 1 fully saturated rings. The van der Waals surface area contributed by atoms with Crippen molar-refractivity contribution in [2.75, 3.05) is 19.8 Å². The number of aromatic nitrogens is 3. The monoisotopic (exact) mass is 485 g/mol. The third-order valence-corrected chi connectivity index (χ3v) is 6.69. The lowest BCUT2D eigenvalue weighted by Gasteiger charge is -2.30. The number of carbonyl (C=O) groups excluding carboxylic acids is 1. The van der Waals surface area contributed by atoms with E-state index in [2.05, 4.69) is 15.5 Å². The number of carbonyl (C=O) groups is 1.